The van der Waals surface area contributed by atoms with E-state index in [1.54, 1.807) is 36.4 Å². The molecule has 6 nitrogen and oxygen atoms in total. The lowest BCUT2D eigenvalue weighted by atomic mass is 10.2. The maximum atomic E-state index is 13.1. The van der Waals surface area contributed by atoms with E-state index in [-0.39, 0.29) is 18.0 Å². The van der Waals surface area contributed by atoms with Crippen molar-refractivity contribution >= 4 is 44.6 Å². The van der Waals surface area contributed by atoms with Crippen LogP contribution in [0.3, 0.4) is 0 Å². The van der Waals surface area contributed by atoms with Gasteiger partial charge in [-0.05, 0) is 53.6 Å². The highest BCUT2D eigenvalue weighted by molar-refractivity contribution is 9.10. The Balaban J connectivity index is 1.65. The van der Waals surface area contributed by atoms with Crippen molar-refractivity contribution in [2.24, 2.45) is 5.10 Å². The molecular formula is C25H20BrClFN3O3. The molecule has 0 aliphatic heterocycles. The van der Waals surface area contributed by atoms with Crippen molar-refractivity contribution in [3.05, 3.63) is 97.2 Å². The van der Waals surface area contributed by atoms with Crippen molar-refractivity contribution in [3.63, 3.8) is 0 Å². The zero-order valence-electron chi connectivity index (χ0n) is 18.4. The molecule has 0 saturated carbocycles. The third-order valence-corrected chi connectivity index (χ3v) is 5.84. The van der Waals surface area contributed by atoms with Gasteiger partial charge in [-0.2, -0.15) is 9.78 Å². The van der Waals surface area contributed by atoms with E-state index in [0.717, 1.165) is 10.0 Å². The van der Waals surface area contributed by atoms with Gasteiger partial charge in [0.1, 0.15) is 18.2 Å². The minimum Gasteiger partial charge on any atom is -0.493 e. The van der Waals surface area contributed by atoms with Gasteiger partial charge in [-0.1, -0.05) is 46.6 Å². The zero-order valence-corrected chi connectivity index (χ0v) is 20.7. The van der Waals surface area contributed by atoms with Crippen molar-refractivity contribution in [3.8, 4) is 11.5 Å². The standard InChI is InChI=1S/C25H20BrClFN3O3/c1-3-23-30-21-9-6-17(26)12-19(21)25(32)31(23)29-13-16-10-20(27)24(22(11-16)33-2)34-14-15-4-7-18(28)8-5-15/h4-13H,3,14H2,1-2H3. The van der Waals surface area contributed by atoms with Gasteiger partial charge in [0.2, 0.25) is 0 Å². The molecule has 34 heavy (non-hydrogen) atoms. The average Bonchev–Trinajstić information content (AvgIpc) is 2.83. The summed E-state index contributed by atoms with van der Waals surface area (Å²) in [5.74, 6) is 0.977. The average molecular weight is 545 g/mol. The molecule has 0 fully saturated rings. The smallest absolute Gasteiger partial charge is 0.282 e. The van der Waals surface area contributed by atoms with Crippen molar-refractivity contribution in [1.29, 1.82) is 0 Å². The molecule has 0 spiro atoms. The number of hydrogen-bond donors (Lipinski definition) is 0. The van der Waals surface area contributed by atoms with E-state index in [4.69, 9.17) is 21.1 Å². The van der Waals surface area contributed by atoms with Crippen LogP contribution in [0.2, 0.25) is 5.02 Å². The van der Waals surface area contributed by atoms with Crippen molar-refractivity contribution < 1.29 is 13.9 Å². The fraction of sp³-hybridized carbons (Fsp3) is 0.160. The molecule has 0 unspecified atom stereocenters. The van der Waals surface area contributed by atoms with Crippen LogP contribution in [0.1, 0.15) is 23.9 Å². The second-order valence-corrected chi connectivity index (χ2v) is 8.68. The Labute approximate surface area is 208 Å². The molecule has 0 radical (unpaired) electrons. The molecule has 1 heterocycles. The van der Waals surface area contributed by atoms with E-state index < -0.39 is 0 Å². The molecule has 0 amide bonds. The fourth-order valence-corrected chi connectivity index (χ4v) is 3.99. The van der Waals surface area contributed by atoms with E-state index >= 15 is 0 Å². The third-order valence-electron chi connectivity index (χ3n) is 5.06. The quantitative estimate of drug-likeness (QED) is 0.268. The van der Waals surface area contributed by atoms with Gasteiger partial charge < -0.3 is 9.47 Å². The van der Waals surface area contributed by atoms with Crippen LogP contribution in [0.15, 0.2) is 69.0 Å². The van der Waals surface area contributed by atoms with Gasteiger partial charge in [0.05, 0.1) is 29.2 Å². The number of fused-ring (bicyclic) bond motifs is 1. The highest BCUT2D eigenvalue weighted by Gasteiger charge is 2.13. The maximum absolute atomic E-state index is 13.1. The number of ether oxygens (including phenoxy) is 2. The van der Waals surface area contributed by atoms with Crippen LogP contribution in [0.25, 0.3) is 10.9 Å². The number of aryl methyl sites for hydroxylation is 1. The van der Waals surface area contributed by atoms with Crippen molar-refractivity contribution in [2.75, 3.05) is 7.11 Å². The third kappa shape index (κ3) is 5.13. The Morgan fingerprint density at radius 3 is 2.65 bits per heavy atom. The Kier molecular flexibility index (Phi) is 7.29. The Hall–Kier alpha value is -3.23. The van der Waals surface area contributed by atoms with Crippen LogP contribution in [0.4, 0.5) is 4.39 Å². The molecule has 0 N–H and O–H groups in total. The number of aromatic nitrogens is 2. The van der Waals surface area contributed by atoms with Crippen molar-refractivity contribution in [2.45, 2.75) is 20.0 Å². The van der Waals surface area contributed by atoms with E-state index in [9.17, 15) is 9.18 Å². The molecule has 174 valence electrons. The number of rotatable bonds is 7. The minimum atomic E-state index is -0.317. The minimum absolute atomic E-state index is 0.192. The first-order chi connectivity index (χ1) is 16.4. The van der Waals surface area contributed by atoms with Gasteiger partial charge >= 0.3 is 0 Å². The number of hydrogen-bond acceptors (Lipinski definition) is 5. The van der Waals surface area contributed by atoms with Crippen LogP contribution < -0.4 is 15.0 Å². The molecule has 1 aromatic heterocycles. The lowest BCUT2D eigenvalue weighted by Crippen LogP contribution is -2.22. The number of methoxy groups -OCH3 is 1. The zero-order chi connectivity index (χ0) is 24.2. The summed E-state index contributed by atoms with van der Waals surface area (Å²) >= 11 is 9.85. The van der Waals surface area contributed by atoms with Crippen LogP contribution >= 0.6 is 27.5 Å². The number of nitrogens with zero attached hydrogens (tertiary/aromatic N) is 3. The predicted molar refractivity (Wildman–Crippen MR) is 135 cm³/mol. The van der Waals surface area contributed by atoms with Gasteiger partial charge in [-0.15, -0.1) is 0 Å². The molecule has 9 heteroatoms. The Morgan fingerprint density at radius 2 is 1.94 bits per heavy atom. The largest absolute Gasteiger partial charge is 0.493 e. The molecule has 0 aliphatic rings. The van der Waals surface area contributed by atoms with Crippen LogP contribution in [0.5, 0.6) is 11.5 Å². The monoisotopic (exact) mass is 543 g/mol. The summed E-state index contributed by atoms with van der Waals surface area (Å²) in [6, 6.07) is 14.7. The van der Waals surface area contributed by atoms with Crippen molar-refractivity contribution in [1.82, 2.24) is 9.66 Å². The van der Waals surface area contributed by atoms with Gasteiger partial charge in [0.15, 0.2) is 11.5 Å². The summed E-state index contributed by atoms with van der Waals surface area (Å²) in [6.45, 7) is 2.10. The van der Waals surface area contributed by atoms with Gasteiger partial charge in [-0.3, -0.25) is 4.79 Å². The number of halogens is 3. The first-order valence-corrected chi connectivity index (χ1v) is 11.6. The van der Waals surface area contributed by atoms with Gasteiger partial charge in [0, 0.05) is 10.9 Å². The van der Waals surface area contributed by atoms with E-state index in [2.05, 4.69) is 26.0 Å². The van der Waals surface area contributed by atoms with E-state index in [0.29, 0.717) is 45.2 Å². The lowest BCUT2D eigenvalue weighted by molar-refractivity contribution is 0.284. The lowest BCUT2D eigenvalue weighted by Gasteiger charge is -2.13. The van der Waals surface area contributed by atoms with Gasteiger partial charge in [0.25, 0.3) is 5.56 Å². The van der Waals surface area contributed by atoms with Crippen LogP contribution in [-0.4, -0.2) is 23.0 Å². The summed E-state index contributed by atoms with van der Waals surface area (Å²) in [4.78, 5) is 17.6. The second-order valence-electron chi connectivity index (χ2n) is 7.35. The molecule has 0 saturated heterocycles. The molecule has 0 atom stereocenters. The van der Waals surface area contributed by atoms with E-state index in [1.807, 2.05) is 13.0 Å². The first kappa shape index (κ1) is 23.9. The summed E-state index contributed by atoms with van der Waals surface area (Å²) in [5.41, 5.74) is 1.74. The summed E-state index contributed by atoms with van der Waals surface area (Å²) in [7, 11) is 1.50. The molecule has 0 aliphatic carbocycles. The highest BCUT2D eigenvalue weighted by atomic mass is 79.9. The summed E-state index contributed by atoms with van der Waals surface area (Å²) in [6.07, 6.45) is 2.04. The molecule has 4 rings (SSSR count). The highest BCUT2D eigenvalue weighted by Crippen LogP contribution is 2.36. The Morgan fingerprint density at radius 1 is 1.18 bits per heavy atom. The van der Waals surface area contributed by atoms with E-state index in [1.165, 1.54) is 30.1 Å². The topological polar surface area (TPSA) is 65.7 Å². The normalized spacial score (nSPS) is 11.3. The molecule has 0 bridgehead atoms. The maximum Gasteiger partial charge on any atom is 0.282 e. The van der Waals surface area contributed by atoms with Crippen LogP contribution in [-0.2, 0) is 13.0 Å². The molecule has 3 aromatic carbocycles. The Bertz CT molecular complexity index is 1440. The molecular weight excluding hydrogens is 525 g/mol. The first-order valence-electron chi connectivity index (χ1n) is 10.4. The SMILES string of the molecule is CCc1nc2ccc(Br)cc2c(=O)n1N=Cc1cc(Cl)c(OCc2ccc(F)cc2)c(OC)c1. The molecule has 4 aromatic rings. The summed E-state index contributed by atoms with van der Waals surface area (Å²) in [5, 5.41) is 5.16. The predicted octanol–water partition coefficient (Wildman–Crippen LogP) is 5.98. The fourth-order valence-electron chi connectivity index (χ4n) is 3.36. The van der Waals surface area contributed by atoms with Gasteiger partial charge in [-0.25, -0.2) is 9.37 Å². The van der Waals surface area contributed by atoms with Crippen LogP contribution in [0, 0.1) is 5.82 Å². The second kappa shape index (κ2) is 10.4. The number of benzene rings is 3. The summed E-state index contributed by atoms with van der Waals surface area (Å²) < 4.78 is 26.5.